The molecule has 0 radical (unpaired) electrons. The molecule has 2 saturated heterocycles. The zero-order chi connectivity index (χ0) is 25.2. The average molecular weight is 506 g/mol. The van der Waals surface area contributed by atoms with Crippen LogP contribution < -0.4 is 10.1 Å². The second-order valence-corrected chi connectivity index (χ2v) is 12.8. The first-order valence-electron chi connectivity index (χ1n) is 14.4. The van der Waals surface area contributed by atoms with Crippen molar-refractivity contribution in [2.24, 2.45) is 23.2 Å². The van der Waals surface area contributed by atoms with E-state index in [1.807, 2.05) is 28.0 Å². The van der Waals surface area contributed by atoms with E-state index in [-0.39, 0.29) is 35.1 Å². The molecule has 3 amide bonds. The maximum atomic E-state index is 13.6. The van der Waals surface area contributed by atoms with Crippen molar-refractivity contribution in [3.8, 4) is 5.75 Å². The number of benzene rings is 1. The van der Waals surface area contributed by atoms with E-state index >= 15 is 0 Å². The molecule has 4 saturated carbocycles. The third-order valence-corrected chi connectivity index (χ3v) is 10.4. The molecule has 4 aliphatic carbocycles. The molecule has 3 atom stereocenters. The fourth-order valence-corrected chi connectivity index (χ4v) is 8.63. The predicted molar refractivity (Wildman–Crippen MR) is 140 cm³/mol. The molecule has 2 N–H and O–H groups in total. The lowest BCUT2D eigenvalue weighted by atomic mass is 9.48. The number of para-hydroxylation sites is 1. The minimum atomic E-state index is -0.324. The third kappa shape index (κ3) is 4.05. The Kier molecular flexibility index (Phi) is 5.58. The molecular weight excluding hydrogens is 466 g/mol. The average Bonchev–Trinajstić information content (AvgIpc) is 2.91. The van der Waals surface area contributed by atoms with Gasteiger partial charge in [0, 0.05) is 50.6 Å². The summed E-state index contributed by atoms with van der Waals surface area (Å²) in [6.45, 7) is 2.69. The summed E-state index contributed by atoms with van der Waals surface area (Å²) < 4.78 is 6.40. The normalized spacial score (nSPS) is 37.3. The lowest BCUT2D eigenvalue weighted by molar-refractivity contribution is -0.164. The van der Waals surface area contributed by atoms with Crippen LogP contribution in [-0.2, 0) is 4.79 Å². The number of carbonyl (C=O) groups is 2. The van der Waals surface area contributed by atoms with Gasteiger partial charge in [0.15, 0.2) is 0 Å². The Hall–Kier alpha value is -2.54. The SMILES string of the molecule is O=C(N1CCC2(C=Cc3ccccc3O2)CC1)N1CCC[C@H](NC(=O)C23CC4CC(C2)C(O)C(C4)C3)C1. The lowest BCUT2D eigenvalue weighted by Gasteiger charge is -2.58. The van der Waals surface area contributed by atoms with Crippen LogP contribution in [0.25, 0.3) is 6.08 Å². The molecule has 7 heteroatoms. The van der Waals surface area contributed by atoms with Crippen LogP contribution in [0, 0.1) is 23.2 Å². The maximum absolute atomic E-state index is 13.6. The van der Waals surface area contributed by atoms with E-state index in [1.54, 1.807) is 0 Å². The summed E-state index contributed by atoms with van der Waals surface area (Å²) in [6, 6.07) is 8.21. The molecule has 198 valence electrons. The van der Waals surface area contributed by atoms with Gasteiger partial charge >= 0.3 is 6.03 Å². The van der Waals surface area contributed by atoms with Crippen molar-refractivity contribution >= 4 is 18.0 Å². The quantitative estimate of drug-likeness (QED) is 0.640. The number of hydrogen-bond donors (Lipinski definition) is 2. The number of likely N-dealkylation sites (tertiary alicyclic amines) is 2. The van der Waals surface area contributed by atoms with Gasteiger partial charge in [0.05, 0.1) is 11.5 Å². The van der Waals surface area contributed by atoms with E-state index in [9.17, 15) is 14.7 Å². The van der Waals surface area contributed by atoms with E-state index in [4.69, 9.17) is 4.74 Å². The number of fused-ring (bicyclic) bond motifs is 1. The van der Waals surface area contributed by atoms with Gasteiger partial charge in [-0.2, -0.15) is 0 Å². The molecule has 3 aliphatic heterocycles. The van der Waals surface area contributed by atoms with E-state index in [0.29, 0.717) is 37.4 Å². The molecule has 6 fully saturated rings. The standard InChI is InChI=1S/C30H39N3O4/c34-26-22-14-20-15-23(26)18-29(16-20,17-22)27(35)31-24-5-3-11-33(19-24)28(36)32-12-9-30(10-13-32)8-7-21-4-1-2-6-25(21)37-30/h1-2,4,6-8,20,22-24,26,34H,3,5,9-19H2,(H,31,35)/t20?,22?,23?,24-,26?,29?/m0/s1. The van der Waals surface area contributed by atoms with Crippen molar-refractivity contribution in [3.63, 3.8) is 0 Å². The van der Waals surface area contributed by atoms with Crippen molar-refractivity contribution in [1.29, 1.82) is 0 Å². The summed E-state index contributed by atoms with van der Waals surface area (Å²) in [5.74, 6) is 2.28. The second kappa shape index (κ2) is 8.75. The fourth-order valence-electron chi connectivity index (χ4n) is 8.63. The second-order valence-electron chi connectivity index (χ2n) is 12.8. The van der Waals surface area contributed by atoms with Gasteiger partial charge in [0.1, 0.15) is 11.4 Å². The minimum Gasteiger partial charge on any atom is -0.482 e. The molecule has 1 spiro atoms. The van der Waals surface area contributed by atoms with E-state index in [2.05, 4.69) is 23.5 Å². The van der Waals surface area contributed by atoms with Gasteiger partial charge in [-0.25, -0.2) is 4.79 Å². The smallest absolute Gasteiger partial charge is 0.320 e. The van der Waals surface area contributed by atoms with Crippen LogP contribution in [0.15, 0.2) is 30.3 Å². The lowest BCUT2D eigenvalue weighted by Crippen LogP contribution is -2.61. The predicted octanol–water partition coefficient (Wildman–Crippen LogP) is 3.81. The Labute approximate surface area is 219 Å². The third-order valence-electron chi connectivity index (χ3n) is 10.4. The number of urea groups is 1. The van der Waals surface area contributed by atoms with Gasteiger partial charge in [-0.15, -0.1) is 0 Å². The maximum Gasteiger partial charge on any atom is 0.320 e. The van der Waals surface area contributed by atoms with Gasteiger partial charge < -0.3 is 25.0 Å². The van der Waals surface area contributed by atoms with Gasteiger partial charge in [0.2, 0.25) is 5.91 Å². The summed E-state index contributed by atoms with van der Waals surface area (Å²) in [5, 5.41) is 14.0. The number of nitrogens with one attached hydrogen (secondary N) is 1. The Morgan fingerprint density at radius 3 is 2.54 bits per heavy atom. The van der Waals surface area contributed by atoms with Crippen molar-refractivity contribution in [2.75, 3.05) is 26.2 Å². The number of amides is 3. The number of ether oxygens (including phenoxy) is 1. The number of aliphatic hydroxyl groups is 1. The summed E-state index contributed by atoms with van der Waals surface area (Å²) in [7, 11) is 0. The van der Waals surface area contributed by atoms with Crippen molar-refractivity contribution < 1.29 is 19.4 Å². The number of piperidine rings is 2. The summed E-state index contributed by atoms with van der Waals surface area (Å²) in [6.07, 6.45) is 12.3. The zero-order valence-corrected chi connectivity index (χ0v) is 21.6. The Morgan fingerprint density at radius 2 is 1.76 bits per heavy atom. The van der Waals surface area contributed by atoms with Crippen molar-refractivity contribution in [2.45, 2.75) is 75.5 Å². The van der Waals surface area contributed by atoms with Crippen molar-refractivity contribution in [1.82, 2.24) is 15.1 Å². The monoisotopic (exact) mass is 505 g/mol. The first-order chi connectivity index (χ1) is 17.9. The van der Waals surface area contributed by atoms with Gasteiger partial charge in [-0.05, 0) is 74.8 Å². The molecule has 1 aromatic rings. The highest BCUT2D eigenvalue weighted by atomic mass is 16.5. The first-order valence-corrected chi connectivity index (χ1v) is 14.4. The molecule has 1 aromatic carbocycles. The van der Waals surface area contributed by atoms with Crippen LogP contribution in [0.3, 0.4) is 0 Å². The highest BCUT2D eigenvalue weighted by molar-refractivity contribution is 5.83. The largest absolute Gasteiger partial charge is 0.482 e. The molecule has 7 nitrogen and oxygen atoms in total. The highest BCUT2D eigenvalue weighted by Crippen LogP contribution is 2.60. The van der Waals surface area contributed by atoms with Crippen LogP contribution >= 0.6 is 0 Å². The Bertz CT molecular complexity index is 1090. The van der Waals surface area contributed by atoms with Crippen LogP contribution in [0.5, 0.6) is 5.75 Å². The number of rotatable bonds is 2. The van der Waals surface area contributed by atoms with Gasteiger partial charge in [0.25, 0.3) is 0 Å². The minimum absolute atomic E-state index is 0.0142. The van der Waals surface area contributed by atoms with E-state index in [1.165, 1.54) is 0 Å². The topological polar surface area (TPSA) is 82.1 Å². The molecule has 8 rings (SSSR count). The summed E-state index contributed by atoms with van der Waals surface area (Å²) in [4.78, 5) is 31.0. The number of carbonyl (C=O) groups excluding carboxylic acids is 2. The molecule has 4 bridgehead atoms. The van der Waals surface area contributed by atoms with Crippen LogP contribution in [0.2, 0.25) is 0 Å². The van der Waals surface area contributed by atoms with Crippen LogP contribution in [0.4, 0.5) is 4.79 Å². The molecule has 37 heavy (non-hydrogen) atoms. The Morgan fingerprint density at radius 1 is 1.00 bits per heavy atom. The molecule has 3 heterocycles. The molecule has 2 unspecified atom stereocenters. The van der Waals surface area contributed by atoms with Gasteiger partial charge in [-0.1, -0.05) is 24.3 Å². The highest BCUT2D eigenvalue weighted by Gasteiger charge is 2.58. The van der Waals surface area contributed by atoms with Crippen LogP contribution in [0.1, 0.15) is 63.4 Å². The van der Waals surface area contributed by atoms with Gasteiger partial charge in [-0.3, -0.25) is 4.79 Å². The first kappa shape index (κ1) is 23.6. The number of nitrogens with zero attached hydrogens (tertiary/aromatic N) is 2. The fraction of sp³-hybridized carbons (Fsp3) is 0.667. The number of hydrogen-bond acceptors (Lipinski definition) is 4. The molecular formula is C30H39N3O4. The molecule has 0 aromatic heterocycles. The Balaban J connectivity index is 0.954. The zero-order valence-electron chi connectivity index (χ0n) is 21.6. The summed E-state index contributed by atoms with van der Waals surface area (Å²) >= 11 is 0. The summed E-state index contributed by atoms with van der Waals surface area (Å²) in [5.41, 5.74) is 0.488. The van der Waals surface area contributed by atoms with Crippen molar-refractivity contribution in [3.05, 3.63) is 35.9 Å². The molecule has 7 aliphatic rings. The van der Waals surface area contributed by atoms with Crippen LogP contribution in [-0.4, -0.2) is 70.8 Å². The number of aliphatic hydroxyl groups excluding tert-OH is 1. The van der Waals surface area contributed by atoms with E-state index in [0.717, 1.165) is 75.6 Å². The van der Waals surface area contributed by atoms with E-state index < -0.39 is 0 Å².